The van der Waals surface area contributed by atoms with E-state index < -0.39 is 0 Å². The number of amides is 1. The molecule has 1 aromatic carbocycles. The van der Waals surface area contributed by atoms with E-state index >= 15 is 0 Å². The molecule has 0 bridgehead atoms. The summed E-state index contributed by atoms with van der Waals surface area (Å²) in [5.41, 5.74) is 9.48. The van der Waals surface area contributed by atoms with Crippen molar-refractivity contribution in [3.8, 4) is 0 Å². The van der Waals surface area contributed by atoms with Gasteiger partial charge in [-0.3, -0.25) is 4.79 Å². The molecule has 1 aliphatic carbocycles. The van der Waals surface area contributed by atoms with Gasteiger partial charge in [0.1, 0.15) is 0 Å². The third-order valence-electron chi connectivity index (χ3n) is 3.67. The Morgan fingerprint density at radius 3 is 2.94 bits per heavy atom. The van der Waals surface area contributed by atoms with Crippen LogP contribution in [0.5, 0.6) is 0 Å². The molecule has 98 valence electrons. The molecule has 0 saturated carbocycles. The fourth-order valence-corrected chi connectivity index (χ4v) is 2.56. The summed E-state index contributed by atoms with van der Waals surface area (Å²) < 4.78 is 0. The summed E-state index contributed by atoms with van der Waals surface area (Å²) >= 11 is 0. The minimum absolute atomic E-state index is 0.220. The van der Waals surface area contributed by atoms with Crippen molar-refractivity contribution in [3.05, 3.63) is 34.9 Å². The molecule has 1 aliphatic rings. The van der Waals surface area contributed by atoms with Crippen LogP contribution < -0.4 is 11.1 Å². The van der Waals surface area contributed by atoms with E-state index in [1.54, 1.807) is 0 Å². The highest BCUT2D eigenvalue weighted by Crippen LogP contribution is 2.25. The highest BCUT2D eigenvalue weighted by atomic mass is 16.1. The Morgan fingerprint density at radius 1 is 1.39 bits per heavy atom. The third kappa shape index (κ3) is 3.33. The Balaban J connectivity index is 1.85. The molecule has 2 rings (SSSR count). The summed E-state index contributed by atoms with van der Waals surface area (Å²) in [6.07, 6.45) is 5.02. The maximum atomic E-state index is 10.6. The Bertz CT molecular complexity index is 429. The van der Waals surface area contributed by atoms with Gasteiger partial charge < -0.3 is 11.1 Å². The van der Waals surface area contributed by atoms with Gasteiger partial charge in [0.25, 0.3) is 0 Å². The first-order chi connectivity index (χ1) is 8.66. The molecule has 1 amide bonds. The highest BCUT2D eigenvalue weighted by Gasteiger charge is 2.13. The Morgan fingerprint density at radius 2 is 2.17 bits per heavy atom. The van der Waals surface area contributed by atoms with E-state index in [9.17, 15) is 4.79 Å². The van der Waals surface area contributed by atoms with E-state index in [2.05, 4.69) is 30.4 Å². The van der Waals surface area contributed by atoms with Crippen molar-refractivity contribution in [1.82, 2.24) is 5.32 Å². The van der Waals surface area contributed by atoms with Crippen LogP contribution in [0.2, 0.25) is 0 Å². The van der Waals surface area contributed by atoms with Crippen LogP contribution in [0.25, 0.3) is 0 Å². The second-order valence-corrected chi connectivity index (χ2v) is 5.13. The number of nitrogens with one attached hydrogen (secondary N) is 1. The lowest BCUT2D eigenvalue weighted by Gasteiger charge is -2.15. The maximum Gasteiger partial charge on any atom is 0.217 e. The Hall–Kier alpha value is -1.35. The van der Waals surface area contributed by atoms with Gasteiger partial charge in [-0.05, 0) is 55.8 Å². The lowest BCUT2D eigenvalue weighted by atomic mass is 10.0. The lowest BCUT2D eigenvalue weighted by Crippen LogP contribution is -2.21. The van der Waals surface area contributed by atoms with Crippen LogP contribution in [0.4, 0.5) is 0 Å². The summed E-state index contributed by atoms with van der Waals surface area (Å²) in [5, 5.41) is 3.44. The topological polar surface area (TPSA) is 55.1 Å². The number of nitrogens with two attached hydrogens (primary N) is 1. The predicted molar refractivity (Wildman–Crippen MR) is 73.3 cm³/mol. The van der Waals surface area contributed by atoms with Crippen molar-refractivity contribution in [3.63, 3.8) is 0 Å². The number of hydrogen-bond acceptors (Lipinski definition) is 2. The van der Waals surface area contributed by atoms with Crippen LogP contribution in [0, 0.1) is 0 Å². The van der Waals surface area contributed by atoms with Crippen LogP contribution in [0.1, 0.15) is 48.9 Å². The standard InChI is InChI=1S/C15H22N2O/c1-11(17-9-3-6-15(16)18)13-8-7-12-4-2-5-14(12)10-13/h7-8,10-11,17H,2-6,9H2,1H3,(H2,16,18). The van der Waals surface area contributed by atoms with Crippen LogP contribution in [-0.2, 0) is 17.6 Å². The van der Waals surface area contributed by atoms with Gasteiger partial charge in [0, 0.05) is 12.5 Å². The zero-order valence-electron chi connectivity index (χ0n) is 11.0. The van der Waals surface area contributed by atoms with Gasteiger partial charge >= 0.3 is 0 Å². The molecule has 3 nitrogen and oxygen atoms in total. The van der Waals surface area contributed by atoms with Crippen molar-refractivity contribution in [2.24, 2.45) is 5.73 Å². The molecule has 1 aromatic rings. The average Bonchev–Trinajstić information content (AvgIpc) is 2.81. The van der Waals surface area contributed by atoms with Gasteiger partial charge in [-0.15, -0.1) is 0 Å². The van der Waals surface area contributed by atoms with Crippen molar-refractivity contribution in [2.75, 3.05) is 6.54 Å². The van der Waals surface area contributed by atoms with Crippen molar-refractivity contribution in [2.45, 2.75) is 45.1 Å². The molecule has 3 N–H and O–H groups in total. The first kappa shape index (κ1) is 13.1. The summed E-state index contributed by atoms with van der Waals surface area (Å²) in [7, 11) is 0. The number of carbonyl (C=O) groups is 1. The molecule has 0 heterocycles. The number of fused-ring (bicyclic) bond motifs is 1. The summed E-state index contributed by atoms with van der Waals surface area (Å²) in [6, 6.07) is 7.15. The molecule has 1 unspecified atom stereocenters. The van der Waals surface area contributed by atoms with Gasteiger partial charge in [0.2, 0.25) is 5.91 Å². The zero-order chi connectivity index (χ0) is 13.0. The molecular formula is C15H22N2O. The van der Waals surface area contributed by atoms with Gasteiger partial charge in [-0.1, -0.05) is 18.2 Å². The second kappa shape index (κ2) is 6.01. The molecule has 3 heteroatoms. The van der Waals surface area contributed by atoms with Crippen LogP contribution in [0.3, 0.4) is 0 Å². The molecule has 0 fully saturated rings. The predicted octanol–water partition coefficient (Wildman–Crippen LogP) is 2.09. The monoisotopic (exact) mass is 246 g/mol. The number of benzene rings is 1. The van der Waals surface area contributed by atoms with Crippen molar-refractivity contribution >= 4 is 5.91 Å². The summed E-state index contributed by atoms with van der Waals surface area (Å²) in [4.78, 5) is 10.6. The van der Waals surface area contributed by atoms with Gasteiger partial charge in [-0.25, -0.2) is 0 Å². The maximum absolute atomic E-state index is 10.6. The number of aryl methyl sites for hydroxylation is 2. The number of hydrogen-bond donors (Lipinski definition) is 2. The smallest absolute Gasteiger partial charge is 0.217 e. The number of carbonyl (C=O) groups excluding carboxylic acids is 1. The minimum atomic E-state index is -0.220. The highest BCUT2D eigenvalue weighted by molar-refractivity contribution is 5.73. The molecule has 0 saturated heterocycles. The van der Waals surface area contributed by atoms with Gasteiger partial charge in [0.05, 0.1) is 0 Å². The van der Waals surface area contributed by atoms with Crippen LogP contribution >= 0.6 is 0 Å². The Kier molecular flexibility index (Phi) is 4.37. The molecule has 1 atom stereocenters. The van der Waals surface area contributed by atoms with E-state index in [1.165, 1.54) is 36.0 Å². The average molecular weight is 246 g/mol. The summed E-state index contributed by atoms with van der Waals surface area (Å²) in [5.74, 6) is -0.220. The van der Waals surface area contributed by atoms with Gasteiger partial charge in [0.15, 0.2) is 0 Å². The first-order valence-corrected chi connectivity index (χ1v) is 6.80. The van der Waals surface area contributed by atoms with E-state index in [1.807, 2.05) is 0 Å². The lowest BCUT2D eigenvalue weighted by molar-refractivity contribution is -0.118. The van der Waals surface area contributed by atoms with E-state index in [0.29, 0.717) is 12.5 Å². The zero-order valence-corrected chi connectivity index (χ0v) is 11.0. The Labute approximate surface area is 109 Å². The van der Waals surface area contributed by atoms with Crippen LogP contribution in [-0.4, -0.2) is 12.5 Å². The van der Waals surface area contributed by atoms with Crippen LogP contribution in [0.15, 0.2) is 18.2 Å². The molecule has 0 radical (unpaired) electrons. The fourth-order valence-electron chi connectivity index (χ4n) is 2.56. The normalized spacial score (nSPS) is 15.4. The van der Waals surface area contributed by atoms with E-state index in [4.69, 9.17) is 5.73 Å². The largest absolute Gasteiger partial charge is 0.370 e. The quantitative estimate of drug-likeness (QED) is 0.755. The first-order valence-electron chi connectivity index (χ1n) is 6.80. The third-order valence-corrected chi connectivity index (χ3v) is 3.67. The fraction of sp³-hybridized carbons (Fsp3) is 0.533. The van der Waals surface area contributed by atoms with Gasteiger partial charge in [-0.2, -0.15) is 0 Å². The summed E-state index contributed by atoms with van der Waals surface area (Å²) in [6.45, 7) is 3.00. The van der Waals surface area contributed by atoms with Crippen molar-refractivity contribution in [1.29, 1.82) is 0 Å². The van der Waals surface area contributed by atoms with E-state index in [0.717, 1.165) is 13.0 Å². The van der Waals surface area contributed by atoms with E-state index in [-0.39, 0.29) is 5.91 Å². The minimum Gasteiger partial charge on any atom is -0.370 e. The second-order valence-electron chi connectivity index (χ2n) is 5.13. The number of primary amides is 1. The molecule has 0 aromatic heterocycles. The molecule has 0 aliphatic heterocycles. The molecule has 0 spiro atoms. The van der Waals surface area contributed by atoms with Crippen molar-refractivity contribution < 1.29 is 4.79 Å². The molecular weight excluding hydrogens is 224 g/mol. The molecule has 18 heavy (non-hydrogen) atoms. The number of rotatable bonds is 6. The SMILES string of the molecule is CC(NCCCC(N)=O)c1ccc2c(c1)CCC2.